The molecule has 1 amide bonds. The van der Waals surface area contributed by atoms with Crippen molar-refractivity contribution in [1.82, 2.24) is 9.38 Å². The van der Waals surface area contributed by atoms with E-state index >= 15 is 0 Å². The fourth-order valence-corrected chi connectivity index (χ4v) is 3.91. The van der Waals surface area contributed by atoms with E-state index in [1.54, 1.807) is 36.5 Å². The van der Waals surface area contributed by atoms with E-state index in [2.05, 4.69) is 10.3 Å². The molecule has 9 heteroatoms. The largest absolute Gasteiger partial charge is 0.484 e. The number of rotatable bonds is 7. The number of amides is 1. The van der Waals surface area contributed by atoms with Crippen LogP contribution in [0.15, 0.2) is 65.6 Å². The number of benzene rings is 2. The van der Waals surface area contributed by atoms with E-state index in [-0.39, 0.29) is 30.2 Å². The number of esters is 1. The third-order valence-electron chi connectivity index (χ3n) is 4.66. The van der Waals surface area contributed by atoms with Gasteiger partial charge in [-0.1, -0.05) is 23.8 Å². The number of nitrogens with zero attached hydrogens (tertiary/aromatic N) is 2. The molecule has 8 nitrogen and oxygen atoms in total. The molecule has 0 unspecified atom stereocenters. The minimum absolute atomic E-state index is 0.136. The Bertz CT molecular complexity index is 1380. The van der Waals surface area contributed by atoms with Crippen LogP contribution >= 0.6 is 11.3 Å². The van der Waals surface area contributed by atoms with Crippen molar-refractivity contribution in [3.63, 3.8) is 0 Å². The topological polar surface area (TPSA) is 99.0 Å². The van der Waals surface area contributed by atoms with Crippen molar-refractivity contribution >= 4 is 33.9 Å². The number of aryl methyl sites for hydroxylation is 2. The van der Waals surface area contributed by atoms with Crippen LogP contribution in [0.1, 0.15) is 26.5 Å². The van der Waals surface area contributed by atoms with Gasteiger partial charge in [0, 0.05) is 22.8 Å². The lowest BCUT2D eigenvalue weighted by molar-refractivity contribution is -0.118. The van der Waals surface area contributed by atoms with Crippen molar-refractivity contribution in [3.05, 3.63) is 92.8 Å². The summed E-state index contributed by atoms with van der Waals surface area (Å²) in [6.45, 7) is 3.55. The zero-order valence-corrected chi connectivity index (χ0v) is 18.8. The average Bonchev–Trinajstić information content (AvgIpc) is 3.18. The summed E-state index contributed by atoms with van der Waals surface area (Å²) in [6, 6.07) is 15.1. The van der Waals surface area contributed by atoms with Crippen LogP contribution in [-0.4, -0.2) is 27.9 Å². The Morgan fingerprint density at radius 2 is 1.88 bits per heavy atom. The standard InChI is InChI=1S/C24H21N3O5S/c1-15-6-8-20(9-7-15)31-14-21(28)25-18-5-3-4-17(10-18)23(30)32-13-19-11-22(29)27-12-16(2)33-24(27)26-19/h3-12H,13-14H2,1-2H3,(H,25,28). The highest BCUT2D eigenvalue weighted by Crippen LogP contribution is 2.16. The van der Waals surface area contributed by atoms with Gasteiger partial charge in [-0.15, -0.1) is 11.3 Å². The van der Waals surface area contributed by atoms with E-state index in [1.165, 1.54) is 27.9 Å². The SMILES string of the molecule is Cc1ccc(OCC(=O)Nc2cccc(C(=O)OCc3cc(=O)n4cc(C)sc4n3)c2)cc1. The molecule has 0 radical (unpaired) electrons. The number of ether oxygens (including phenoxy) is 2. The first-order chi connectivity index (χ1) is 15.9. The molecule has 0 saturated heterocycles. The lowest BCUT2D eigenvalue weighted by Gasteiger charge is -2.09. The molecular weight excluding hydrogens is 442 g/mol. The summed E-state index contributed by atoms with van der Waals surface area (Å²) in [5, 5.41) is 2.70. The van der Waals surface area contributed by atoms with Gasteiger partial charge in [-0.25, -0.2) is 9.78 Å². The van der Waals surface area contributed by atoms with Crippen LogP contribution in [0.3, 0.4) is 0 Å². The number of carbonyl (C=O) groups is 2. The van der Waals surface area contributed by atoms with Crippen LogP contribution in [0.5, 0.6) is 5.75 Å². The summed E-state index contributed by atoms with van der Waals surface area (Å²) in [5.41, 5.74) is 1.94. The van der Waals surface area contributed by atoms with E-state index < -0.39 is 5.97 Å². The van der Waals surface area contributed by atoms with Crippen molar-refractivity contribution in [2.45, 2.75) is 20.5 Å². The Morgan fingerprint density at radius 1 is 1.09 bits per heavy atom. The second-order valence-corrected chi connectivity index (χ2v) is 8.60. The third kappa shape index (κ3) is 5.64. The zero-order valence-electron chi connectivity index (χ0n) is 18.0. The van der Waals surface area contributed by atoms with Gasteiger partial charge in [0.15, 0.2) is 11.6 Å². The summed E-state index contributed by atoms with van der Waals surface area (Å²) < 4.78 is 12.2. The van der Waals surface area contributed by atoms with E-state index in [4.69, 9.17) is 9.47 Å². The van der Waals surface area contributed by atoms with E-state index in [0.717, 1.165) is 10.4 Å². The van der Waals surface area contributed by atoms with Crippen LogP contribution < -0.4 is 15.6 Å². The van der Waals surface area contributed by atoms with Crippen LogP contribution in [0, 0.1) is 13.8 Å². The summed E-state index contributed by atoms with van der Waals surface area (Å²) in [7, 11) is 0. The summed E-state index contributed by atoms with van der Waals surface area (Å²) in [4.78, 5) is 42.7. The number of hydrogen-bond donors (Lipinski definition) is 1. The molecule has 0 saturated carbocycles. The Morgan fingerprint density at radius 3 is 2.67 bits per heavy atom. The highest BCUT2D eigenvalue weighted by atomic mass is 32.1. The summed E-state index contributed by atoms with van der Waals surface area (Å²) in [6.07, 6.45) is 1.72. The molecule has 1 N–H and O–H groups in total. The number of carbonyl (C=O) groups excluding carboxylic acids is 2. The van der Waals surface area contributed by atoms with Crippen LogP contribution in [-0.2, 0) is 16.1 Å². The number of anilines is 1. The molecule has 168 valence electrons. The van der Waals surface area contributed by atoms with Crippen molar-refractivity contribution in [2.75, 3.05) is 11.9 Å². The average molecular weight is 464 g/mol. The highest BCUT2D eigenvalue weighted by molar-refractivity contribution is 7.16. The number of fused-ring (bicyclic) bond motifs is 1. The second-order valence-electron chi connectivity index (χ2n) is 7.39. The molecule has 2 heterocycles. The first kappa shape index (κ1) is 22.2. The van der Waals surface area contributed by atoms with Gasteiger partial charge in [0.25, 0.3) is 11.5 Å². The Kier molecular flexibility index (Phi) is 6.50. The van der Waals surface area contributed by atoms with E-state index in [9.17, 15) is 14.4 Å². The molecule has 0 fully saturated rings. The minimum Gasteiger partial charge on any atom is -0.484 e. The summed E-state index contributed by atoms with van der Waals surface area (Å²) >= 11 is 1.38. The number of aromatic nitrogens is 2. The maximum Gasteiger partial charge on any atom is 0.338 e. The zero-order chi connectivity index (χ0) is 23.4. The quantitative estimate of drug-likeness (QED) is 0.419. The highest BCUT2D eigenvalue weighted by Gasteiger charge is 2.12. The fraction of sp³-hybridized carbons (Fsp3) is 0.167. The molecule has 0 aliphatic heterocycles. The van der Waals surface area contributed by atoms with E-state index in [0.29, 0.717) is 22.1 Å². The van der Waals surface area contributed by atoms with Gasteiger partial charge < -0.3 is 14.8 Å². The minimum atomic E-state index is -0.591. The van der Waals surface area contributed by atoms with Gasteiger partial charge in [-0.3, -0.25) is 14.0 Å². The van der Waals surface area contributed by atoms with Gasteiger partial charge in [-0.05, 0) is 44.2 Å². The predicted octanol–water partition coefficient (Wildman–Crippen LogP) is 3.75. The van der Waals surface area contributed by atoms with Gasteiger partial charge in [0.05, 0.1) is 11.3 Å². The molecule has 2 aromatic heterocycles. The first-order valence-corrected chi connectivity index (χ1v) is 10.9. The Labute approximate surface area is 193 Å². The maximum atomic E-state index is 12.5. The van der Waals surface area contributed by atoms with Crippen LogP contribution in [0.4, 0.5) is 5.69 Å². The van der Waals surface area contributed by atoms with Gasteiger partial charge in [0.1, 0.15) is 12.4 Å². The molecule has 0 aliphatic rings. The molecular formula is C24H21N3O5S. The van der Waals surface area contributed by atoms with Gasteiger partial charge >= 0.3 is 5.97 Å². The molecule has 2 aromatic carbocycles. The molecule has 4 aromatic rings. The molecule has 0 spiro atoms. The van der Waals surface area contributed by atoms with Crippen molar-refractivity contribution in [3.8, 4) is 5.75 Å². The maximum absolute atomic E-state index is 12.5. The molecule has 0 bridgehead atoms. The molecule has 4 rings (SSSR count). The first-order valence-electron chi connectivity index (χ1n) is 10.1. The van der Waals surface area contributed by atoms with Crippen LogP contribution in [0.25, 0.3) is 4.96 Å². The predicted molar refractivity (Wildman–Crippen MR) is 125 cm³/mol. The number of thiazole rings is 1. The Hall–Kier alpha value is -3.98. The van der Waals surface area contributed by atoms with Crippen molar-refractivity contribution < 1.29 is 19.1 Å². The monoisotopic (exact) mass is 463 g/mol. The molecule has 0 aliphatic carbocycles. The second kappa shape index (κ2) is 9.66. The van der Waals surface area contributed by atoms with Crippen molar-refractivity contribution in [2.24, 2.45) is 0 Å². The molecule has 0 atom stereocenters. The van der Waals surface area contributed by atoms with Crippen LogP contribution in [0.2, 0.25) is 0 Å². The van der Waals surface area contributed by atoms with Gasteiger partial charge in [0.2, 0.25) is 0 Å². The fourth-order valence-electron chi connectivity index (χ4n) is 3.06. The summed E-state index contributed by atoms with van der Waals surface area (Å²) in [5.74, 6) is -0.353. The normalized spacial score (nSPS) is 10.7. The lowest BCUT2D eigenvalue weighted by Crippen LogP contribution is -2.20. The molecule has 33 heavy (non-hydrogen) atoms. The number of hydrogen-bond acceptors (Lipinski definition) is 7. The number of nitrogens with one attached hydrogen (secondary N) is 1. The van der Waals surface area contributed by atoms with Crippen molar-refractivity contribution in [1.29, 1.82) is 0 Å². The smallest absolute Gasteiger partial charge is 0.338 e. The van der Waals surface area contributed by atoms with E-state index in [1.807, 2.05) is 26.0 Å². The van der Waals surface area contributed by atoms with Gasteiger partial charge in [-0.2, -0.15) is 0 Å². The Balaban J connectivity index is 1.34. The third-order valence-corrected chi connectivity index (χ3v) is 5.56. The lowest BCUT2D eigenvalue weighted by atomic mass is 10.2.